The second-order valence-electron chi connectivity index (χ2n) is 8.30. The maximum atomic E-state index is 14.1. The minimum Gasteiger partial charge on any atom is -0.378 e. The number of piperidine rings is 1. The van der Waals surface area contributed by atoms with Crippen LogP contribution in [0.5, 0.6) is 0 Å². The van der Waals surface area contributed by atoms with Crippen LogP contribution in [0.4, 0.5) is 24.7 Å². The van der Waals surface area contributed by atoms with Crippen LogP contribution < -0.4 is 9.80 Å². The van der Waals surface area contributed by atoms with Crippen molar-refractivity contribution in [2.75, 3.05) is 49.2 Å². The maximum Gasteiger partial charge on any atom is 0.424 e. The Labute approximate surface area is 192 Å². The Kier molecular flexibility index (Phi) is 5.83. The van der Waals surface area contributed by atoms with E-state index in [1.165, 1.54) is 11.6 Å². The molecule has 0 radical (unpaired) electrons. The predicted molar refractivity (Wildman–Crippen MR) is 117 cm³/mol. The molecule has 2 aliphatic heterocycles. The highest BCUT2D eigenvalue weighted by Crippen LogP contribution is 2.48. The van der Waals surface area contributed by atoms with Crippen molar-refractivity contribution in [1.29, 1.82) is 0 Å². The first-order valence-corrected chi connectivity index (χ1v) is 11.7. The number of morpholine rings is 1. The molecule has 2 fully saturated rings. The summed E-state index contributed by atoms with van der Waals surface area (Å²) in [6.07, 6.45) is -2.86. The molecule has 33 heavy (non-hydrogen) atoms. The zero-order chi connectivity index (χ0) is 23.1. The first-order chi connectivity index (χ1) is 15.9. The number of alkyl halides is 3. The lowest BCUT2D eigenvalue weighted by Crippen LogP contribution is -2.54. The fourth-order valence-electron chi connectivity index (χ4n) is 4.66. The smallest absolute Gasteiger partial charge is 0.378 e. The molecule has 3 aromatic rings. The summed E-state index contributed by atoms with van der Waals surface area (Å²) in [4.78, 5) is 7.77. The standard InChI is InChI=1S/C21H23F3N6O2S/c22-21(23,24)20(31,19-25-5-11-33-19)14-2-1-6-30(13-14)18-16-4-3-15(12-17(16)26-28-27-18)29-7-9-32-10-8-29/h3-5,11-12,14,31H,1-2,6-10,13H2/t14-,20+/m0/s1. The molecule has 4 heterocycles. The predicted octanol–water partition coefficient (Wildman–Crippen LogP) is 2.98. The molecule has 12 heteroatoms. The third kappa shape index (κ3) is 4.00. The normalized spacial score (nSPS) is 21.9. The van der Waals surface area contributed by atoms with Gasteiger partial charge in [0.15, 0.2) is 5.82 Å². The molecular weight excluding hydrogens is 457 g/mol. The summed E-state index contributed by atoms with van der Waals surface area (Å²) < 4.78 is 47.7. The van der Waals surface area contributed by atoms with Crippen LogP contribution in [0.25, 0.3) is 10.9 Å². The molecule has 2 aromatic heterocycles. The summed E-state index contributed by atoms with van der Waals surface area (Å²) in [5, 5.41) is 25.0. The van der Waals surface area contributed by atoms with E-state index in [1.54, 1.807) is 4.90 Å². The highest BCUT2D eigenvalue weighted by Gasteiger charge is 2.61. The van der Waals surface area contributed by atoms with Gasteiger partial charge in [-0.3, -0.25) is 0 Å². The van der Waals surface area contributed by atoms with Crippen molar-refractivity contribution in [2.24, 2.45) is 5.92 Å². The van der Waals surface area contributed by atoms with E-state index in [-0.39, 0.29) is 18.0 Å². The van der Waals surface area contributed by atoms with Crippen LogP contribution in [0.15, 0.2) is 29.8 Å². The van der Waals surface area contributed by atoms with Crippen molar-refractivity contribution in [2.45, 2.75) is 24.6 Å². The summed E-state index contributed by atoms with van der Waals surface area (Å²) in [5.41, 5.74) is -1.40. The molecule has 0 amide bonds. The van der Waals surface area contributed by atoms with Crippen LogP contribution in [0, 0.1) is 5.92 Å². The van der Waals surface area contributed by atoms with Gasteiger partial charge < -0.3 is 19.6 Å². The van der Waals surface area contributed by atoms with E-state index in [2.05, 4.69) is 25.3 Å². The number of rotatable bonds is 4. The van der Waals surface area contributed by atoms with Gasteiger partial charge in [0.05, 0.1) is 13.2 Å². The molecule has 0 bridgehead atoms. The number of thiazole rings is 1. The molecule has 0 spiro atoms. The number of benzene rings is 1. The van der Waals surface area contributed by atoms with Crippen LogP contribution in [0.2, 0.25) is 0 Å². The molecule has 5 rings (SSSR count). The lowest BCUT2D eigenvalue weighted by Gasteiger charge is -2.42. The number of hydrogen-bond acceptors (Lipinski definition) is 9. The highest BCUT2D eigenvalue weighted by molar-refractivity contribution is 7.09. The van der Waals surface area contributed by atoms with Gasteiger partial charge >= 0.3 is 6.18 Å². The van der Waals surface area contributed by atoms with Crippen LogP contribution in [-0.4, -0.2) is 71.1 Å². The van der Waals surface area contributed by atoms with E-state index in [0.717, 1.165) is 30.1 Å². The molecule has 176 valence electrons. The van der Waals surface area contributed by atoms with Crippen LogP contribution in [-0.2, 0) is 10.3 Å². The molecule has 2 saturated heterocycles. The van der Waals surface area contributed by atoms with Crippen LogP contribution >= 0.6 is 11.3 Å². The monoisotopic (exact) mass is 480 g/mol. The Balaban J connectivity index is 1.46. The van der Waals surface area contributed by atoms with Crippen molar-refractivity contribution in [3.05, 3.63) is 34.8 Å². The van der Waals surface area contributed by atoms with Crippen molar-refractivity contribution in [1.82, 2.24) is 20.4 Å². The van der Waals surface area contributed by atoms with Gasteiger partial charge in [-0.05, 0) is 36.3 Å². The average molecular weight is 481 g/mol. The third-order valence-corrected chi connectivity index (χ3v) is 7.29. The molecule has 1 N–H and O–H groups in total. The van der Waals surface area contributed by atoms with Crippen molar-refractivity contribution < 1.29 is 23.0 Å². The topological polar surface area (TPSA) is 87.5 Å². The van der Waals surface area contributed by atoms with Gasteiger partial charge in [-0.1, -0.05) is 0 Å². The van der Waals surface area contributed by atoms with Crippen molar-refractivity contribution >= 4 is 33.7 Å². The Morgan fingerprint density at radius 2 is 1.91 bits per heavy atom. The molecule has 0 aliphatic carbocycles. The SMILES string of the molecule is O[C@@](c1nccs1)([C@H]1CCCN(c2nnnc3cc(N4CCOCC4)ccc23)C1)C(F)(F)F. The number of ether oxygens (including phenoxy) is 1. The minimum absolute atomic E-state index is 0.0192. The largest absolute Gasteiger partial charge is 0.424 e. The number of halogens is 3. The number of aromatic nitrogens is 4. The lowest BCUT2D eigenvalue weighted by atomic mass is 9.81. The zero-order valence-corrected chi connectivity index (χ0v) is 18.5. The van der Waals surface area contributed by atoms with Crippen LogP contribution in [0.3, 0.4) is 0 Å². The quantitative estimate of drug-likeness (QED) is 0.610. The lowest BCUT2D eigenvalue weighted by molar-refractivity contribution is -0.287. The number of anilines is 2. The number of nitrogens with zero attached hydrogens (tertiary/aromatic N) is 6. The molecule has 8 nitrogen and oxygen atoms in total. The summed E-state index contributed by atoms with van der Waals surface area (Å²) in [5.74, 6) is -0.614. The van der Waals surface area contributed by atoms with Crippen molar-refractivity contribution in [3.8, 4) is 0 Å². The average Bonchev–Trinajstić information content (AvgIpc) is 3.38. The Morgan fingerprint density at radius 1 is 1.09 bits per heavy atom. The summed E-state index contributed by atoms with van der Waals surface area (Å²) >= 11 is 0.814. The van der Waals surface area contributed by atoms with Gasteiger partial charge in [0.25, 0.3) is 0 Å². The molecule has 0 saturated carbocycles. The third-order valence-electron chi connectivity index (χ3n) is 6.39. The van der Waals surface area contributed by atoms with Gasteiger partial charge in [0.1, 0.15) is 10.5 Å². The summed E-state index contributed by atoms with van der Waals surface area (Å²) in [7, 11) is 0. The molecule has 1 aromatic carbocycles. The molecule has 2 atom stereocenters. The first-order valence-electron chi connectivity index (χ1n) is 10.8. The van der Waals surface area contributed by atoms with Gasteiger partial charge in [-0.2, -0.15) is 13.2 Å². The Hall–Kier alpha value is -2.57. The van der Waals surface area contributed by atoms with Gasteiger partial charge in [0, 0.05) is 54.7 Å². The Morgan fingerprint density at radius 3 is 2.64 bits per heavy atom. The molecule has 0 unspecified atom stereocenters. The van der Waals surface area contributed by atoms with Gasteiger partial charge in [-0.25, -0.2) is 4.98 Å². The zero-order valence-electron chi connectivity index (χ0n) is 17.7. The van der Waals surface area contributed by atoms with Crippen LogP contribution in [0.1, 0.15) is 17.8 Å². The maximum absolute atomic E-state index is 14.1. The van der Waals surface area contributed by atoms with Gasteiger partial charge in [-0.15, -0.1) is 21.5 Å². The molecule has 2 aliphatic rings. The van der Waals surface area contributed by atoms with E-state index >= 15 is 0 Å². The van der Waals surface area contributed by atoms with Gasteiger partial charge in [0.2, 0.25) is 5.60 Å². The fraction of sp³-hybridized carbons (Fsp3) is 0.524. The summed E-state index contributed by atoms with van der Waals surface area (Å²) in [6, 6.07) is 5.77. The van der Waals surface area contributed by atoms with E-state index in [1.807, 2.05) is 18.2 Å². The number of fused-ring (bicyclic) bond motifs is 1. The van der Waals surface area contributed by atoms with Crippen molar-refractivity contribution in [3.63, 3.8) is 0 Å². The number of hydrogen-bond donors (Lipinski definition) is 1. The summed E-state index contributed by atoms with van der Waals surface area (Å²) in [6.45, 7) is 3.36. The van der Waals surface area contributed by atoms with E-state index in [4.69, 9.17) is 4.74 Å². The van der Waals surface area contributed by atoms with E-state index < -0.39 is 17.7 Å². The fourth-order valence-corrected chi connectivity index (χ4v) is 5.49. The second-order valence-corrected chi connectivity index (χ2v) is 9.20. The Bertz CT molecular complexity index is 1110. The number of aliphatic hydroxyl groups is 1. The van der Waals surface area contributed by atoms with E-state index in [0.29, 0.717) is 42.9 Å². The minimum atomic E-state index is -4.85. The first kappa shape index (κ1) is 22.2. The highest BCUT2D eigenvalue weighted by atomic mass is 32.1. The van der Waals surface area contributed by atoms with E-state index in [9.17, 15) is 18.3 Å². The molecular formula is C21H23F3N6O2S. The second kappa shape index (κ2) is 8.65.